The zero-order valence-electron chi connectivity index (χ0n) is 8.61. The second-order valence-electron chi connectivity index (χ2n) is 3.37. The second-order valence-corrected chi connectivity index (χ2v) is 4.12. The van der Waals surface area contributed by atoms with Gasteiger partial charge in [0.15, 0.2) is 0 Å². The van der Waals surface area contributed by atoms with E-state index in [-0.39, 0.29) is 12.4 Å². The molecule has 2 aromatic rings. The molecule has 2 rings (SSSR count). The van der Waals surface area contributed by atoms with Gasteiger partial charge in [0.2, 0.25) is 0 Å². The zero-order valence-corrected chi connectivity index (χ0v) is 10.2. The Labute approximate surface area is 101 Å². The topological polar surface area (TPSA) is 38.0 Å². The first kappa shape index (κ1) is 11.3. The van der Waals surface area contributed by atoms with Crippen molar-refractivity contribution in [3.63, 3.8) is 0 Å². The van der Waals surface area contributed by atoms with Crippen molar-refractivity contribution < 1.29 is 9.50 Å². The van der Waals surface area contributed by atoms with Gasteiger partial charge in [-0.3, -0.25) is 0 Å². The van der Waals surface area contributed by atoms with E-state index in [0.717, 1.165) is 0 Å². The molecule has 5 heteroatoms. The molecule has 0 saturated carbocycles. The molecule has 0 saturated heterocycles. The summed E-state index contributed by atoms with van der Waals surface area (Å²) in [4.78, 5) is 4.19. The van der Waals surface area contributed by atoms with Crippen LogP contribution < -0.4 is 0 Å². The molecule has 0 aliphatic heterocycles. The van der Waals surface area contributed by atoms with E-state index < -0.39 is 0 Å². The molecule has 0 aliphatic carbocycles. The first-order chi connectivity index (χ1) is 7.65. The Bertz CT molecular complexity index is 525. The molecule has 3 nitrogen and oxygen atoms in total. The maximum absolute atomic E-state index is 13.6. The summed E-state index contributed by atoms with van der Waals surface area (Å²) in [6.07, 6.45) is 0. The number of halogens is 2. The predicted octanol–water partition coefficient (Wildman–Crippen LogP) is 2.48. The van der Waals surface area contributed by atoms with Gasteiger partial charge in [0, 0.05) is 7.05 Å². The van der Waals surface area contributed by atoms with Crippen molar-refractivity contribution in [3.8, 4) is 11.4 Å². The van der Waals surface area contributed by atoms with Gasteiger partial charge in [0.1, 0.15) is 16.2 Å². The van der Waals surface area contributed by atoms with Crippen LogP contribution in [0.25, 0.3) is 11.4 Å². The normalized spacial score (nSPS) is 10.8. The van der Waals surface area contributed by atoms with Gasteiger partial charge in [0.05, 0.1) is 17.9 Å². The van der Waals surface area contributed by atoms with Gasteiger partial charge >= 0.3 is 0 Å². The number of imidazole rings is 1. The predicted molar refractivity (Wildman–Crippen MR) is 62.2 cm³/mol. The lowest BCUT2D eigenvalue weighted by Gasteiger charge is -2.04. The summed E-state index contributed by atoms with van der Waals surface area (Å²) in [5, 5.41) is 9.14. The quantitative estimate of drug-likeness (QED) is 0.920. The lowest BCUT2D eigenvalue weighted by Crippen LogP contribution is -1.99. The minimum atomic E-state index is -0.326. The van der Waals surface area contributed by atoms with E-state index in [1.807, 2.05) is 0 Å². The fourth-order valence-electron chi connectivity index (χ4n) is 1.55. The average Bonchev–Trinajstić information content (AvgIpc) is 2.55. The Morgan fingerprint density at radius 1 is 1.44 bits per heavy atom. The van der Waals surface area contributed by atoms with Crippen molar-refractivity contribution in [1.29, 1.82) is 0 Å². The van der Waals surface area contributed by atoms with Crippen LogP contribution in [0.2, 0.25) is 0 Å². The third-order valence-corrected chi connectivity index (χ3v) is 3.06. The average molecular weight is 285 g/mol. The molecule has 1 aromatic carbocycles. The van der Waals surface area contributed by atoms with Crippen molar-refractivity contribution in [2.75, 3.05) is 0 Å². The van der Waals surface area contributed by atoms with Crippen molar-refractivity contribution in [1.82, 2.24) is 9.55 Å². The first-order valence-corrected chi connectivity index (χ1v) is 5.51. The number of nitrogens with zero attached hydrogens (tertiary/aromatic N) is 2. The molecule has 1 aromatic heterocycles. The van der Waals surface area contributed by atoms with E-state index in [1.54, 1.807) is 29.8 Å². The largest absolute Gasteiger partial charge is 0.390 e. The van der Waals surface area contributed by atoms with Gasteiger partial charge in [0.25, 0.3) is 0 Å². The van der Waals surface area contributed by atoms with Crippen LogP contribution in [-0.4, -0.2) is 14.7 Å². The summed E-state index contributed by atoms with van der Waals surface area (Å²) >= 11 is 3.24. The number of rotatable bonds is 2. The SMILES string of the molecule is Cn1c(-c2ccccc2F)nc(Br)c1CO. The van der Waals surface area contributed by atoms with E-state index in [9.17, 15) is 4.39 Å². The van der Waals surface area contributed by atoms with Crippen LogP contribution in [0.15, 0.2) is 28.9 Å². The minimum absolute atomic E-state index is 0.140. The molecule has 1 N–H and O–H groups in total. The molecule has 0 aliphatic rings. The zero-order chi connectivity index (χ0) is 11.7. The monoisotopic (exact) mass is 284 g/mol. The lowest BCUT2D eigenvalue weighted by molar-refractivity contribution is 0.272. The molecule has 0 atom stereocenters. The van der Waals surface area contributed by atoms with Gasteiger partial charge in [-0.25, -0.2) is 9.37 Å². The molecule has 0 unspecified atom stereocenters. The molecule has 0 radical (unpaired) electrons. The van der Waals surface area contributed by atoms with Crippen LogP contribution >= 0.6 is 15.9 Å². The van der Waals surface area contributed by atoms with Gasteiger partial charge in [-0.1, -0.05) is 12.1 Å². The van der Waals surface area contributed by atoms with Crippen LogP contribution in [0.1, 0.15) is 5.69 Å². The van der Waals surface area contributed by atoms with Crippen molar-refractivity contribution in [3.05, 3.63) is 40.4 Å². The van der Waals surface area contributed by atoms with Crippen molar-refractivity contribution in [2.45, 2.75) is 6.61 Å². The van der Waals surface area contributed by atoms with Crippen LogP contribution in [0.5, 0.6) is 0 Å². The Hall–Kier alpha value is -1.20. The number of benzene rings is 1. The maximum atomic E-state index is 13.6. The van der Waals surface area contributed by atoms with Crippen LogP contribution in [-0.2, 0) is 13.7 Å². The third-order valence-electron chi connectivity index (χ3n) is 2.43. The summed E-state index contributed by atoms with van der Waals surface area (Å²) < 4.78 is 15.8. The van der Waals surface area contributed by atoms with Crippen molar-refractivity contribution in [2.24, 2.45) is 7.05 Å². The van der Waals surface area contributed by atoms with Crippen LogP contribution in [0.4, 0.5) is 4.39 Å². The van der Waals surface area contributed by atoms with Crippen molar-refractivity contribution >= 4 is 15.9 Å². The van der Waals surface area contributed by atoms with E-state index in [0.29, 0.717) is 21.7 Å². The first-order valence-electron chi connectivity index (χ1n) is 4.72. The Morgan fingerprint density at radius 3 is 2.69 bits per heavy atom. The van der Waals surface area contributed by atoms with E-state index in [4.69, 9.17) is 5.11 Å². The molecule has 16 heavy (non-hydrogen) atoms. The minimum Gasteiger partial charge on any atom is -0.390 e. The Morgan fingerprint density at radius 2 is 2.12 bits per heavy atom. The Balaban J connectivity index is 2.62. The maximum Gasteiger partial charge on any atom is 0.144 e. The molecule has 1 heterocycles. The lowest BCUT2D eigenvalue weighted by atomic mass is 10.2. The Kier molecular flexibility index (Phi) is 3.07. The standard InChI is InChI=1S/C11H10BrFN2O/c1-15-9(6-16)10(12)14-11(15)7-4-2-3-5-8(7)13/h2-5,16H,6H2,1H3. The highest BCUT2D eigenvalue weighted by Crippen LogP contribution is 2.26. The fraction of sp³-hybridized carbons (Fsp3) is 0.182. The summed E-state index contributed by atoms with van der Waals surface area (Å²) in [5.41, 5.74) is 1.05. The summed E-state index contributed by atoms with van der Waals surface area (Å²) in [6.45, 7) is -0.140. The fourth-order valence-corrected chi connectivity index (χ4v) is 2.11. The molecule has 0 fully saturated rings. The van der Waals surface area contributed by atoms with E-state index in [1.165, 1.54) is 6.07 Å². The number of aromatic nitrogens is 2. The van der Waals surface area contributed by atoms with Gasteiger partial charge in [-0.15, -0.1) is 0 Å². The summed E-state index contributed by atoms with van der Waals surface area (Å²) in [6, 6.07) is 6.42. The van der Waals surface area contributed by atoms with Crippen LogP contribution in [0.3, 0.4) is 0 Å². The highest BCUT2D eigenvalue weighted by atomic mass is 79.9. The van der Waals surface area contributed by atoms with Gasteiger partial charge < -0.3 is 9.67 Å². The second kappa shape index (κ2) is 4.35. The summed E-state index contributed by atoms with van der Waals surface area (Å²) in [5.74, 6) is 0.168. The number of aliphatic hydroxyl groups excluding tert-OH is 1. The number of hydrogen-bond acceptors (Lipinski definition) is 2. The van der Waals surface area contributed by atoms with Gasteiger partial charge in [-0.05, 0) is 28.1 Å². The number of hydrogen-bond donors (Lipinski definition) is 1. The molecule has 0 amide bonds. The highest BCUT2D eigenvalue weighted by molar-refractivity contribution is 9.10. The van der Waals surface area contributed by atoms with Crippen LogP contribution in [0, 0.1) is 5.82 Å². The molecule has 0 bridgehead atoms. The van der Waals surface area contributed by atoms with E-state index in [2.05, 4.69) is 20.9 Å². The highest BCUT2D eigenvalue weighted by Gasteiger charge is 2.15. The summed E-state index contributed by atoms with van der Waals surface area (Å²) in [7, 11) is 1.74. The third kappa shape index (κ3) is 1.76. The smallest absolute Gasteiger partial charge is 0.144 e. The molecule has 84 valence electrons. The molecule has 0 spiro atoms. The molecular formula is C11H10BrFN2O. The number of aliphatic hydroxyl groups is 1. The van der Waals surface area contributed by atoms with E-state index >= 15 is 0 Å². The van der Waals surface area contributed by atoms with Gasteiger partial charge in [-0.2, -0.15) is 0 Å². The molecular weight excluding hydrogens is 275 g/mol.